The molecule has 3 rings (SSSR count). The third-order valence-corrected chi connectivity index (χ3v) is 4.89. The first-order valence-corrected chi connectivity index (χ1v) is 9.09. The number of para-hydroxylation sites is 2. The number of halogens is 1. The predicted molar refractivity (Wildman–Crippen MR) is 101 cm³/mol. The molecule has 1 saturated heterocycles. The van der Waals surface area contributed by atoms with Gasteiger partial charge in [-0.2, -0.15) is 0 Å². The third kappa shape index (κ3) is 4.72. The molecule has 1 aliphatic rings. The number of aliphatic hydroxyl groups is 1. The van der Waals surface area contributed by atoms with E-state index in [1.165, 1.54) is 5.69 Å². The summed E-state index contributed by atoms with van der Waals surface area (Å²) in [6.07, 6.45) is -0.486. The number of β-amino-alcohol motifs (C(OH)–C–C–N with tert-alkyl or cyclic N) is 1. The normalized spacial score (nSPS) is 16.8. The van der Waals surface area contributed by atoms with Crippen LogP contribution >= 0.6 is 15.9 Å². The molecule has 0 bridgehead atoms. The van der Waals surface area contributed by atoms with Gasteiger partial charge in [0.25, 0.3) is 0 Å². The highest BCUT2D eigenvalue weighted by Gasteiger charge is 2.19. The molecule has 1 fully saturated rings. The smallest absolute Gasteiger partial charge is 0.133 e. The van der Waals surface area contributed by atoms with Crippen molar-refractivity contribution in [2.45, 2.75) is 6.10 Å². The first-order chi connectivity index (χ1) is 11.7. The maximum absolute atomic E-state index is 10.2. The van der Waals surface area contributed by atoms with Crippen molar-refractivity contribution >= 4 is 21.6 Å². The van der Waals surface area contributed by atoms with Gasteiger partial charge in [-0.25, -0.2) is 0 Å². The van der Waals surface area contributed by atoms with Gasteiger partial charge in [0.2, 0.25) is 0 Å². The van der Waals surface area contributed by atoms with Crippen LogP contribution in [0.4, 0.5) is 5.69 Å². The van der Waals surface area contributed by atoms with E-state index >= 15 is 0 Å². The molecule has 1 N–H and O–H groups in total. The van der Waals surface area contributed by atoms with Gasteiger partial charge in [0.15, 0.2) is 0 Å². The van der Waals surface area contributed by atoms with Crippen LogP contribution in [-0.4, -0.2) is 55.4 Å². The number of piperazine rings is 1. The fourth-order valence-corrected chi connectivity index (χ4v) is 3.33. The van der Waals surface area contributed by atoms with E-state index in [1.807, 2.05) is 30.3 Å². The summed E-state index contributed by atoms with van der Waals surface area (Å²) >= 11 is 3.45. The summed E-state index contributed by atoms with van der Waals surface area (Å²) < 4.78 is 6.61. The van der Waals surface area contributed by atoms with Gasteiger partial charge in [-0.3, -0.25) is 4.90 Å². The van der Waals surface area contributed by atoms with E-state index in [1.54, 1.807) is 0 Å². The highest BCUT2D eigenvalue weighted by molar-refractivity contribution is 9.10. The zero-order valence-electron chi connectivity index (χ0n) is 13.6. The van der Waals surface area contributed by atoms with Crippen molar-refractivity contribution < 1.29 is 9.84 Å². The second kappa shape index (κ2) is 8.51. The van der Waals surface area contributed by atoms with Crippen LogP contribution in [0, 0.1) is 0 Å². The van der Waals surface area contributed by atoms with Crippen molar-refractivity contribution in [3.05, 3.63) is 59.1 Å². The van der Waals surface area contributed by atoms with Crippen molar-refractivity contribution in [2.24, 2.45) is 0 Å². The molecule has 4 nitrogen and oxygen atoms in total. The summed E-state index contributed by atoms with van der Waals surface area (Å²) in [5.74, 6) is 0.769. The number of rotatable bonds is 6. The first-order valence-electron chi connectivity index (χ1n) is 8.30. The number of benzene rings is 2. The zero-order chi connectivity index (χ0) is 16.8. The number of ether oxygens (including phenoxy) is 1. The maximum Gasteiger partial charge on any atom is 0.133 e. The van der Waals surface area contributed by atoms with Gasteiger partial charge in [-0.1, -0.05) is 30.3 Å². The van der Waals surface area contributed by atoms with Crippen molar-refractivity contribution in [3.63, 3.8) is 0 Å². The quantitative estimate of drug-likeness (QED) is 0.822. The highest BCUT2D eigenvalue weighted by Crippen LogP contribution is 2.24. The van der Waals surface area contributed by atoms with E-state index in [9.17, 15) is 5.11 Å². The molecule has 1 atom stereocenters. The number of hydrogen-bond acceptors (Lipinski definition) is 4. The predicted octanol–water partition coefficient (Wildman–Crippen LogP) is 3.01. The van der Waals surface area contributed by atoms with Crippen LogP contribution in [0.2, 0.25) is 0 Å². The van der Waals surface area contributed by atoms with E-state index in [4.69, 9.17) is 4.74 Å². The standard InChI is InChI=1S/C19H23BrN2O2/c20-18-8-4-5-9-19(18)24-15-17(23)14-21-10-12-22(13-11-21)16-6-2-1-3-7-16/h1-9,17,23H,10-15H2. The van der Waals surface area contributed by atoms with Gasteiger partial charge >= 0.3 is 0 Å². The van der Waals surface area contributed by atoms with Crippen molar-refractivity contribution in [2.75, 3.05) is 44.2 Å². The molecule has 0 amide bonds. The van der Waals surface area contributed by atoms with Crippen molar-refractivity contribution in [3.8, 4) is 5.75 Å². The monoisotopic (exact) mass is 390 g/mol. The molecule has 2 aromatic rings. The number of nitrogens with zero attached hydrogens (tertiary/aromatic N) is 2. The minimum Gasteiger partial charge on any atom is -0.490 e. The number of aliphatic hydroxyl groups excluding tert-OH is 1. The first kappa shape index (κ1) is 17.3. The van der Waals surface area contributed by atoms with Crippen LogP contribution in [0.3, 0.4) is 0 Å². The lowest BCUT2D eigenvalue weighted by Crippen LogP contribution is -2.49. The summed E-state index contributed by atoms with van der Waals surface area (Å²) in [6, 6.07) is 18.2. The Kier molecular flexibility index (Phi) is 6.12. The lowest BCUT2D eigenvalue weighted by Gasteiger charge is -2.36. The number of hydrogen-bond donors (Lipinski definition) is 1. The minimum absolute atomic E-state index is 0.307. The third-order valence-electron chi connectivity index (χ3n) is 4.23. The van der Waals surface area contributed by atoms with Crippen LogP contribution in [0.15, 0.2) is 59.1 Å². The van der Waals surface area contributed by atoms with Gasteiger partial charge in [0.1, 0.15) is 18.5 Å². The Morgan fingerprint density at radius 2 is 1.62 bits per heavy atom. The summed E-state index contributed by atoms with van der Waals surface area (Å²) in [6.45, 7) is 4.85. The average Bonchev–Trinajstić information content (AvgIpc) is 2.62. The Bertz CT molecular complexity index is 630. The molecular formula is C19H23BrN2O2. The molecule has 1 aliphatic heterocycles. The van der Waals surface area contributed by atoms with E-state index < -0.39 is 6.10 Å². The van der Waals surface area contributed by atoms with Crippen LogP contribution in [0.5, 0.6) is 5.75 Å². The lowest BCUT2D eigenvalue weighted by atomic mass is 10.2. The topological polar surface area (TPSA) is 35.9 Å². The number of anilines is 1. The summed E-state index contributed by atoms with van der Waals surface area (Å²) in [5.41, 5.74) is 1.27. The second-order valence-corrected chi connectivity index (χ2v) is 6.87. The zero-order valence-corrected chi connectivity index (χ0v) is 15.2. The highest BCUT2D eigenvalue weighted by atomic mass is 79.9. The average molecular weight is 391 g/mol. The molecule has 24 heavy (non-hydrogen) atoms. The van der Waals surface area contributed by atoms with E-state index in [-0.39, 0.29) is 0 Å². The second-order valence-electron chi connectivity index (χ2n) is 6.02. The fourth-order valence-electron chi connectivity index (χ4n) is 2.93. The van der Waals surface area contributed by atoms with Crippen LogP contribution in [0.1, 0.15) is 0 Å². The maximum atomic E-state index is 10.2. The fraction of sp³-hybridized carbons (Fsp3) is 0.368. The van der Waals surface area contributed by atoms with Gasteiger partial charge in [0.05, 0.1) is 4.47 Å². The van der Waals surface area contributed by atoms with Crippen LogP contribution < -0.4 is 9.64 Å². The molecular weight excluding hydrogens is 368 g/mol. The Morgan fingerprint density at radius 3 is 2.33 bits per heavy atom. The molecule has 0 radical (unpaired) electrons. The summed E-state index contributed by atoms with van der Waals surface area (Å²) in [7, 11) is 0. The SMILES string of the molecule is OC(COc1ccccc1Br)CN1CCN(c2ccccc2)CC1. The van der Waals surface area contributed by atoms with E-state index in [0.717, 1.165) is 36.4 Å². The molecule has 0 spiro atoms. The molecule has 128 valence electrons. The van der Waals surface area contributed by atoms with E-state index in [0.29, 0.717) is 13.2 Å². The Hall–Kier alpha value is -1.56. The van der Waals surface area contributed by atoms with Gasteiger partial charge in [-0.05, 0) is 40.2 Å². The summed E-state index contributed by atoms with van der Waals surface area (Å²) in [4.78, 5) is 4.69. The molecule has 1 unspecified atom stereocenters. The molecule has 0 saturated carbocycles. The largest absolute Gasteiger partial charge is 0.490 e. The Labute approximate surface area is 151 Å². The Morgan fingerprint density at radius 1 is 0.958 bits per heavy atom. The molecule has 1 heterocycles. The molecule has 0 aliphatic carbocycles. The lowest BCUT2D eigenvalue weighted by molar-refractivity contribution is 0.0660. The van der Waals surface area contributed by atoms with Crippen molar-refractivity contribution in [1.29, 1.82) is 0 Å². The summed E-state index contributed by atoms with van der Waals surface area (Å²) in [5, 5.41) is 10.2. The van der Waals surface area contributed by atoms with Crippen molar-refractivity contribution in [1.82, 2.24) is 4.90 Å². The molecule has 0 aromatic heterocycles. The molecule has 5 heteroatoms. The minimum atomic E-state index is -0.486. The van der Waals surface area contributed by atoms with Crippen LogP contribution in [-0.2, 0) is 0 Å². The molecule has 2 aromatic carbocycles. The van der Waals surface area contributed by atoms with Crippen LogP contribution in [0.25, 0.3) is 0 Å². The van der Waals surface area contributed by atoms with Gasteiger partial charge < -0.3 is 14.7 Å². The van der Waals surface area contributed by atoms with Gasteiger partial charge in [-0.15, -0.1) is 0 Å². The Balaban J connectivity index is 1.42. The van der Waals surface area contributed by atoms with E-state index in [2.05, 4.69) is 50.0 Å². The van der Waals surface area contributed by atoms with Gasteiger partial charge in [0, 0.05) is 38.4 Å².